The summed E-state index contributed by atoms with van der Waals surface area (Å²) in [6, 6.07) is 7.71. The molecule has 0 radical (unpaired) electrons. The van der Waals surface area contributed by atoms with Crippen molar-refractivity contribution in [2.75, 3.05) is 11.9 Å². The Bertz CT molecular complexity index is 637. The molecule has 0 aliphatic rings. The normalized spacial score (nSPS) is 10.4. The summed E-state index contributed by atoms with van der Waals surface area (Å²) in [6.45, 7) is 0.350. The van der Waals surface area contributed by atoms with Crippen LogP contribution in [0.15, 0.2) is 36.4 Å². The first-order valence-electron chi connectivity index (χ1n) is 6.09. The van der Waals surface area contributed by atoms with Crippen LogP contribution in [0.1, 0.15) is 5.56 Å². The quantitative estimate of drug-likeness (QED) is 0.520. The molecule has 2 aromatic rings. The summed E-state index contributed by atoms with van der Waals surface area (Å²) in [5.41, 5.74) is 0.957. The first-order valence-corrected chi connectivity index (χ1v) is 6.09. The number of nitro benzene ring substituents is 1. The third-order valence-corrected chi connectivity index (χ3v) is 2.87. The molecular weight excluding hydrogens is 285 g/mol. The predicted octanol–water partition coefficient (Wildman–Crippen LogP) is 3.67. The number of nitrogens with zero attached hydrogens (tertiary/aromatic N) is 1. The summed E-state index contributed by atoms with van der Waals surface area (Å²) in [5, 5.41) is 13.3. The van der Waals surface area contributed by atoms with Crippen molar-refractivity contribution in [1.82, 2.24) is 0 Å². The average Bonchev–Trinajstić information content (AvgIpc) is 2.45. The van der Waals surface area contributed by atoms with Crippen molar-refractivity contribution in [3.8, 4) is 0 Å². The van der Waals surface area contributed by atoms with Gasteiger partial charge >= 0.3 is 0 Å². The summed E-state index contributed by atoms with van der Waals surface area (Å²) in [6.07, 6.45) is 0.499. The highest BCUT2D eigenvalue weighted by Crippen LogP contribution is 2.17. The van der Waals surface area contributed by atoms with Crippen LogP contribution in [0.5, 0.6) is 0 Å². The Morgan fingerprint density at radius 2 is 1.62 bits per heavy atom. The first-order chi connectivity index (χ1) is 9.97. The van der Waals surface area contributed by atoms with Crippen LogP contribution in [0.25, 0.3) is 0 Å². The molecule has 1 N–H and O–H groups in total. The van der Waals surface area contributed by atoms with E-state index >= 15 is 0 Å². The third-order valence-electron chi connectivity index (χ3n) is 2.87. The van der Waals surface area contributed by atoms with Crippen molar-refractivity contribution < 1.29 is 18.1 Å². The number of nitrogens with one attached hydrogen (secondary N) is 1. The molecule has 0 saturated carbocycles. The Morgan fingerprint density at radius 1 is 1.05 bits per heavy atom. The van der Waals surface area contributed by atoms with E-state index in [0.717, 1.165) is 17.7 Å². The maximum absolute atomic E-state index is 13.0. The molecular formula is C14H11F3N2O2. The Balaban J connectivity index is 1.94. The number of anilines is 1. The highest BCUT2D eigenvalue weighted by Gasteiger charge is 2.10. The number of non-ortho nitro benzene ring substituents is 1. The Labute approximate surface area is 118 Å². The summed E-state index contributed by atoms with van der Waals surface area (Å²) in [7, 11) is 0. The number of benzene rings is 2. The number of halogens is 3. The fourth-order valence-corrected chi connectivity index (χ4v) is 1.79. The van der Waals surface area contributed by atoms with Crippen LogP contribution in [0, 0.1) is 27.6 Å². The first kappa shape index (κ1) is 14.8. The van der Waals surface area contributed by atoms with Crippen LogP contribution in [-0.4, -0.2) is 11.5 Å². The third kappa shape index (κ3) is 3.71. The van der Waals surface area contributed by atoms with Gasteiger partial charge < -0.3 is 5.32 Å². The predicted molar refractivity (Wildman–Crippen MR) is 71.6 cm³/mol. The van der Waals surface area contributed by atoms with Gasteiger partial charge in [0.2, 0.25) is 0 Å². The molecule has 0 atom stereocenters. The molecule has 0 amide bonds. The van der Waals surface area contributed by atoms with Crippen molar-refractivity contribution >= 4 is 11.4 Å². The molecule has 0 spiro atoms. The molecule has 0 bridgehead atoms. The Morgan fingerprint density at radius 3 is 2.14 bits per heavy atom. The zero-order chi connectivity index (χ0) is 15.4. The van der Waals surface area contributed by atoms with E-state index in [4.69, 9.17) is 0 Å². The molecule has 4 nitrogen and oxygen atoms in total. The van der Waals surface area contributed by atoms with E-state index < -0.39 is 22.4 Å². The number of hydrogen-bond acceptors (Lipinski definition) is 3. The van der Waals surface area contributed by atoms with Crippen molar-refractivity contribution in [2.45, 2.75) is 6.42 Å². The molecule has 21 heavy (non-hydrogen) atoms. The molecule has 0 aliphatic carbocycles. The van der Waals surface area contributed by atoms with E-state index in [2.05, 4.69) is 5.32 Å². The Hall–Kier alpha value is -2.57. The standard InChI is InChI=1S/C14H11F3N2O2/c15-12-7-10(8-13(16)14(12)17)18-6-5-9-1-3-11(4-2-9)19(20)21/h1-4,7-8,18H,5-6H2. The molecule has 110 valence electrons. The lowest BCUT2D eigenvalue weighted by Gasteiger charge is -2.07. The number of nitro groups is 1. The fourth-order valence-electron chi connectivity index (χ4n) is 1.79. The fraction of sp³-hybridized carbons (Fsp3) is 0.143. The summed E-state index contributed by atoms with van der Waals surface area (Å²) in [5.74, 6) is -4.02. The zero-order valence-electron chi connectivity index (χ0n) is 10.8. The average molecular weight is 296 g/mol. The molecule has 0 heterocycles. The monoisotopic (exact) mass is 296 g/mol. The van der Waals surface area contributed by atoms with Crippen molar-refractivity contribution in [3.05, 3.63) is 69.5 Å². The molecule has 0 aromatic heterocycles. The van der Waals surface area contributed by atoms with E-state index in [1.54, 1.807) is 12.1 Å². The van der Waals surface area contributed by atoms with Crippen LogP contribution >= 0.6 is 0 Å². The Kier molecular flexibility index (Phi) is 4.42. The van der Waals surface area contributed by atoms with Crippen molar-refractivity contribution in [1.29, 1.82) is 0 Å². The molecule has 2 rings (SSSR count). The van der Waals surface area contributed by atoms with Gasteiger partial charge in [0.05, 0.1) is 4.92 Å². The van der Waals surface area contributed by atoms with Crippen molar-refractivity contribution in [3.63, 3.8) is 0 Å². The second kappa shape index (κ2) is 6.25. The van der Waals surface area contributed by atoms with E-state index in [-0.39, 0.29) is 11.4 Å². The van der Waals surface area contributed by atoms with Crippen LogP contribution in [0.4, 0.5) is 24.5 Å². The summed E-state index contributed by atoms with van der Waals surface area (Å²) < 4.78 is 38.8. The molecule has 0 aliphatic heterocycles. The highest BCUT2D eigenvalue weighted by atomic mass is 19.2. The topological polar surface area (TPSA) is 55.2 Å². The van der Waals surface area contributed by atoms with Gasteiger partial charge in [-0.1, -0.05) is 12.1 Å². The number of hydrogen-bond donors (Lipinski definition) is 1. The molecule has 0 fully saturated rings. The molecule has 7 heteroatoms. The zero-order valence-corrected chi connectivity index (χ0v) is 10.8. The second-order valence-corrected chi connectivity index (χ2v) is 4.35. The molecule has 0 saturated heterocycles. The van der Waals surface area contributed by atoms with Gasteiger partial charge in [-0.15, -0.1) is 0 Å². The lowest BCUT2D eigenvalue weighted by atomic mass is 10.1. The van der Waals surface area contributed by atoms with E-state index in [9.17, 15) is 23.3 Å². The van der Waals surface area contributed by atoms with E-state index in [0.29, 0.717) is 13.0 Å². The van der Waals surface area contributed by atoms with Gasteiger partial charge in [0.15, 0.2) is 17.5 Å². The minimum Gasteiger partial charge on any atom is -0.385 e. The van der Waals surface area contributed by atoms with Gasteiger partial charge in [0.25, 0.3) is 5.69 Å². The van der Waals surface area contributed by atoms with Gasteiger partial charge in [-0.25, -0.2) is 13.2 Å². The van der Waals surface area contributed by atoms with Crippen molar-refractivity contribution in [2.24, 2.45) is 0 Å². The highest BCUT2D eigenvalue weighted by molar-refractivity contribution is 5.44. The lowest BCUT2D eigenvalue weighted by molar-refractivity contribution is -0.384. The lowest BCUT2D eigenvalue weighted by Crippen LogP contribution is -2.06. The minimum atomic E-state index is -1.50. The largest absolute Gasteiger partial charge is 0.385 e. The van der Waals surface area contributed by atoms with Crippen LogP contribution < -0.4 is 5.32 Å². The molecule has 0 unspecified atom stereocenters. The maximum atomic E-state index is 13.0. The SMILES string of the molecule is O=[N+]([O-])c1ccc(CCNc2cc(F)c(F)c(F)c2)cc1. The van der Waals surface area contributed by atoms with E-state index in [1.165, 1.54) is 12.1 Å². The summed E-state index contributed by atoms with van der Waals surface area (Å²) >= 11 is 0. The smallest absolute Gasteiger partial charge is 0.269 e. The van der Waals surface area contributed by atoms with Crippen LogP contribution in [-0.2, 0) is 6.42 Å². The van der Waals surface area contributed by atoms with Gasteiger partial charge in [-0.2, -0.15) is 0 Å². The van der Waals surface area contributed by atoms with Gasteiger partial charge in [0, 0.05) is 36.5 Å². The van der Waals surface area contributed by atoms with E-state index in [1.807, 2.05) is 0 Å². The van der Waals surface area contributed by atoms with Crippen LogP contribution in [0.2, 0.25) is 0 Å². The molecule has 2 aromatic carbocycles. The van der Waals surface area contributed by atoms with Gasteiger partial charge in [-0.3, -0.25) is 10.1 Å². The van der Waals surface area contributed by atoms with Crippen LogP contribution in [0.3, 0.4) is 0 Å². The maximum Gasteiger partial charge on any atom is 0.269 e. The van der Waals surface area contributed by atoms with Gasteiger partial charge in [-0.05, 0) is 12.0 Å². The second-order valence-electron chi connectivity index (χ2n) is 4.35. The summed E-state index contributed by atoms with van der Waals surface area (Å²) in [4.78, 5) is 10.0. The minimum absolute atomic E-state index is 0.00520. The van der Waals surface area contributed by atoms with Gasteiger partial charge in [0.1, 0.15) is 0 Å². The number of rotatable bonds is 5.